The lowest BCUT2D eigenvalue weighted by Crippen LogP contribution is -2.20. The average molecular weight is 416 g/mol. The molecule has 2 aromatic carbocycles. The maximum absolute atomic E-state index is 12.9. The van der Waals surface area contributed by atoms with Crippen LogP contribution in [0.25, 0.3) is 11.0 Å². The third-order valence-corrected chi connectivity index (χ3v) is 3.72. The van der Waals surface area contributed by atoms with Gasteiger partial charge in [-0.25, -0.2) is 9.59 Å². The van der Waals surface area contributed by atoms with Crippen molar-refractivity contribution >= 4 is 28.4 Å². The number of amides is 2. The number of halogens is 6. The summed E-state index contributed by atoms with van der Waals surface area (Å²) in [5, 5.41) is 4.68. The van der Waals surface area contributed by atoms with Crippen molar-refractivity contribution in [2.24, 2.45) is 0 Å². The van der Waals surface area contributed by atoms with Crippen molar-refractivity contribution in [3.05, 3.63) is 70.1 Å². The molecule has 5 nitrogen and oxygen atoms in total. The van der Waals surface area contributed by atoms with Gasteiger partial charge in [0, 0.05) is 22.8 Å². The van der Waals surface area contributed by atoms with E-state index in [2.05, 4.69) is 5.32 Å². The van der Waals surface area contributed by atoms with Crippen LogP contribution >= 0.6 is 0 Å². The van der Waals surface area contributed by atoms with Gasteiger partial charge in [-0.1, -0.05) is 0 Å². The van der Waals surface area contributed by atoms with E-state index in [-0.39, 0.29) is 17.3 Å². The van der Waals surface area contributed by atoms with E-state index in [1.54, 1.807) is 0 Å². The second-order valence-corrected chi connectivity index (χ2v) is 5.88. The van der Waals surface area contributed by atoms with Crippen molar-refractivity contribution in [1.82, 2.24) is 0 Å². The second-order valence-electron chi connectivity index (χ2n) is 5.88. The molecule has 0 aliphatic rings. The van der Waals surface area contributed by atoms with Gasteiger partial charge in [-0.05, 0) is 42.5 Å². The summed E-state index contributed by atoms with van der Waals surface area (Å²) < 4.78 is 82.1. The summed E-state index contributed by atoms with van der Waals surface area (Å²) in [7, 11) is 0. The molecule has 0 aliphatic carbocycles. The Hall–Kier alpha value is -3.50. The van der Waals surface area contributed by atoms with Gasteiger partial charge in [0.2, 0.25) is 0 Å². The van der Waals surface area contributed by atoms with Gasteiger partial charge in [-0.3, -0.25) is 0 Å². The summed E-state index contributed by atoms with van der Waals surface area (Å²) in [6.07, 6.45) is -10.1. The van der Waals surface area contributed by atoms with Crippen LogP contribution in [0.3, 0.4) is 0 Å². The van der Waals surface area contributed by atoms with E-state index in [1.807, 2.05) is 5.32 Å². The molecule has 3 aromatic rings. The summed E-state index contributed by atoms with van der Waals surface area (Å²) in [6, 6.07) is 6.38. The van der Waals surface area contributed by atoms with Crippen LogP contribution in [-0.2, 0) is 12.4 Å². The van der Waals surface area contributed by atoms with Gasteiger partial charge in [-0.15, -0.1) is 0 Å². The molecule has 2 amide bonds. The van der Waals surface area contributed by atoms with Crippen LogP contribution in [0.1, 0.15) is 11.1 Å². The second kappa shape index (κ2) is 7.15. The Bertz CT molecular complexity index is 1100. The number of hydrogen-bond acceptors (Lipinski definition) is 3. The number of carbonyl (C=O) groups excluding carboxylic acids is 1. The molecule has 0 bridgehead atoms. The van der Waals surface area contributed by atoms with Crippen molar-refractivity contribution in [3.8, 4) is 0 Å². The highest BCUT2D eigenvalue weighted by atomic mass is 19.4. The van der Waals surface area contributed by atoms with Gasteiger partial charge in [-0.2, -0.15) is 26.3 Å². The summed E-state index contributed by atoms with van der Waals surface area (Å²) in [5.74, 6) is 0. The molecular formula is C18H10F6N2O3. The predicted molar refractivity (Wildman–Crippen MR) is 91.6 cm³/mol. The van der Waals surface area contributed by atoms with Gasteiger partial charge in [0.15, 0.2) is 0 Å². The third kappa shape index (κ3) is 4.86. The fourth-order valence-electron chi connectivity index (χ4n) is 2.47. The van der Waals surface area contributed by atoms with Gasteiger partial charge >= 0.3 is 24.0 Å². The number of urea groups is 1. The molecule has 0 fully saturated rings. The fourth-order valence-corrected chi connectivity index (χ4v) is 2.47. The van der Waals surface area contributed by atoms with Crippen LogP contribution in [-0.4, -0.2) is 6.03 Å². The van der Waals surface area contributed by atoms with E-state index in [1.165, 1.54) is 24.3 Å². The number of alkyl halides is 6. The number of benzene rings is 2. The Morgan fingerprint density at radius 1 is 0.759 bits per heavy atom. The van der Waals surface area contributed by atoms with Crippen LogP contribution in [0.15, 0.2) is 57.7 Å². The maximum Gasteiger partial charge on any atom is 0.416 e. The van der Waals surface area contributed by atoms with Crippen LogP contribution in [0.4, 0.5) is 42.5 Å². The smallest absolute Gasteiger partial charge is 0.416 e. The summed E-state index contributed by atoms with van der Waals surface area (Å²) >= 11 is 0. The highest BCUT2D eigenvalue weighted by Crippen LogP contribution is 2.37. The van der Waals surface area contributed by atoms with E-state index < -0.39 is 40.8 Å². The van der Waals surface area contributed by atoms with Crippen molar-refractivity contribution in [1.29, 1.82) is 0 Å². The van der Waals surface area contributed by atoms with Crippen LogP contribution in [0, 0.1) is 0 Å². The van der Waals surface area contributed by atoms with Crippen LogP contribution in [0.5, 0.6) is 0 Å². The number of rotatable bonds is 2. The first-order chi connectivity index (χ1) is 13.4. The minimum Gasteiger partial charge on any atom is -0.423 e. The first-order valence-corrected chi connectivity index (χ1v) is 7.83. The highest BCUT2D eigenvalue weighted by Gasteiger charge is 2.37. The SMILES string of the molecule is O=C(Nc1cc(C(F)(F)F)cc(C(F)(F)F)c1)Nc1ccc2oc(=O)ccc2c1. The van der Waals surface area contributed by atoms with Gasteiger partial charge in [0.05, 0.1) is 11.1 Å². The molecule has 0 saturated heterocycles. The first-order valence-electron chi connectivity index (χ1n) is 7.83. The Morgan fingerprint density at radius 2 is 1.34 bits per heavy atom. The van der Waals surface area contributed by atoms with Gasteiger partial charge in [0.25, 0.3) is 0 Å². The average Bonchev–Trinajstić information content (AvgIpc) is 2.60. The first kappa shape index (κ1) is 20.2. The van der Waals surface area contributed by atoms with E-state index in [0.29, 0.717) is 17.5 Å². The maximum atomic E-state index is 12.9. The molecule has 0 atom stereocenters. The molecule has 1 heterocycles. The Kier molecular flexibility index (Phi) is 4.99. The lowest BCUT2D eigenvalue weighted by molar-refractivity contribution is -0.143. The number of anilines is 2. The molecule has 0 radical (unpaired) electrons. The zero-order chi connectivity index (χ0) is 21.4. The summed E-state index contributed by atoms with van der Waals surface area (Å²) in [4.78, 5) is 23.2. The van der Waals surface area contributed by atoms with Crippen molar-refractivity contribution in [2.45, 2.75) is 12.4 Å². The Labute approximate surface area is 157 Å². The van der Waals surface area contributed by atoms with Crippen molar-refractivity contribution < 1.29 is 35.6 Å². The molecular weight excluding hydrogens is 406 g/mol. The molecule has 11 heteroatoms. The molecule has 0 spiro atoms. The Morgan fingerprint density at radius 3 is 1.93 bits per heavy atom. The normalized spacial score (nSPS) is 12.1. The molecule has 0 unspecified atom stereocenters. The number of fused-ring (bicyclic) bond motifs is 1. The monoisotopic (exact) mass is 416 g/mol. The minimum atomic E-state index is -5.03. The zero-order valence-electron chi connectivity index (χ0n) is 14.1. The molecule has 0 saturated carbocycles. The number of nitrogens with one attached hydrogen (secondary N) is 2. The third-order valence-electron chi connectivity index (χ3n) is 3.72. The van der Waals surface area contributed by atoms with E-state index in [9.17, 15) is 35.9 Å². The number of carbonyl (C=O) groups is 1. The predicted octanol–water partition coefficient (Wildman–Crippen LogP) is 5.47. The quantitative estimate of drug-likeness (QED) is 0.430. The fraction of sp³-hybridized carbons (Fsp3) is 0.111. The van der Waals surface area contributed by atoms with Crippen molar-refractivity contribution in [3.63, 3.8) is 0 Å². The highest BCUT2D eigenvalue weighted by molar-refractivity contribution is 6.01. The molecule has 1 aromatic heterocycles. The van der Waals surface area contributed by atoms with E-state index >= 15 is 0 Å². The molecule has 29 heavy (non-hydrogen) atoms. The Balaban J connectivity index is 1.84. The standard InChI is InChI=1S/C18H10F6N2O3/c19-17(20,21)10-6-11(18(22,23)24)8-13(7-10)26-16(28)25-12-2-3-14-9(5-12)1-4-15(27)29-14/h1-8H,(H2,25,26,28). The van der Waals surface area contributed by atoms with Crippen LogP contribution in [0.2, 0.25) is 0 Å². The van der Waals surface area contributed by atoms with E-state index in [4.69, 9.17) is 4.42 Å². The van der Waals surface area contributed by atoms with Crippen molar-refractivity contribution in [2.75, 3.05) is 10.6 Å². The molecule has 3 rings (SSSR count). The summed E-state index contributed by atoms with van der Waals surface area (Å²) in [5.41, 5.74) is -3.97. The molecule has 0 aliphatic heterocycles. The lowest BCUT2D eigenvalue weighted by atomic mass is 10.1. The topological polar surface area (TPSA) is 71.3 Å². The lowest BCUT2D eigenvalue weighted by Gasteiger charge is -2.15. The summed E-state index contributed by atoms with van der Waals surface area (Å²) in [6.45, 7) is 0. The van der Waals surface area contributed by atoms with E-state index in [0.717, 1.165) is 6.07 Å². The molecule has 152 valence electrons. The number of hydrogen-bond donors (Lipinski definition) is 2. The largest absolute Gasteiger partial charge is 0.423 e. The zero-order valence-corrected chi connectivity index (χ0v) is 14.1. The van der Waals surface area contributed by atoms with Gasteiger partial charge < -0.3 is 15.1 Å². The molecule has 2 N–H and O–H groups in total. The van der Waals surface area contributed by atoms with Crippen LogP contribution < -0.4 is 16.3 Å². The minimum absolute atomic E-state index is 0.0415. The van der Waals surface area contributed by atoms with Gasteiger partial charge in [0.1, 0.15) is 5.58 Å².